The number of carboxylic acids is 1. The number of hydrogen-bond acceptors (Lipinski definition) is 5. The highest BCUT2D eigenvalue weighted by molar-refractivity contribution is 6.08. The van der Waals surface area contributed by atoms with Crippen molar-refractivity contribution in [1.29, 1.82) is 0 Å². The molecule has 0 bridgehead atoms. The fourth-order valence-corrected chi connectivity index (χ4v) is 3.50. The smallest absolute Gasteiger partial charge is 0.335 e. The number of aromatic carboxylic acids is 1. The topological polar surface area (TPSA) is 88.3 Å². The molecule has 0 spiro atoms. The summed E-state index contributed by atoms with van der Waals surface area (Å²) in [6, 6.07) is 5.19. The third-order valence-corrected chi connectivity index (χ3v) is 5.18. The summed E-state index contributed by atoms with van der Waals surface area (Å²) >= 11 is 0. The van der Waals surface area contributed by atoms with Crippen LogP contribution < -0.4 is 4.90 Å². The number of ketones is 1. The zero-order chi connectivity index (χ0) is 24.2. The molecule has 172 valence electrons. The van der Waals surface area contributed by atoms with E-state index in [-0.39, 0.29) is 11.3 Å². The van der Waals surface area contributed by atoms with Crippen molar-refractivity contribution < 1.29 is 14.7 Å². The zero-order valence-electron chi connectivity index (χ0n) is 20.4. The lowest BCUT2D eigenvalue weighted by Crippen LogP contribution is -2.22. The van der Waals surface area contributed by atoms with Crippen molar-refractivity contribution in [2.45, 2.75) is 48.5 Å². The predicted octanol–water partition coefficient (Wildman–Crippen LogP) is 5.43. The molecule has 1 N–H and O–H groups in total. The second-order valence-electron chi connectivity index (χ2n) is 8.41. The first-order valence-electron chi connectivity index (χ1n) is 11.1. The van der Waals surface area contributed by atoms with Crippen LogP contribution in [0.4, 0.5) is 5.69 Å². The van der Waals surface area contributed by atoms with E-state index in [1.165, 1.54) is 0 Å². The molecular weight excluding hydrogens is 404 g/mol. The molecular formula is C25H34N4O3. The SMILES string of the molecule is CC.CCN(CC)c1cc(C(=O)O)cc(-c2cnc3c(n2)c(C(=O)C(C)(C)C)cn3C)c1. The maximum absolute atomic E-state index is 12.9. The first-order chi connectivity index (χ1) is 15.1. The van der Waals surface area contributed by atoms with E-state index in [9.17, 15) is 14.7 Å². The van der Waals surface area contributed by atoms with E-state index in [0.29, 0.717) is 28.0 Å². The maximum Gasteiger partial charge on any atom is 0.335 e. The molecule has 7 nitrogen and oxygen atoms in total. The standard InChI is InChI=1S/C23H28N4O3.C2H6/c1-7-27(8-2)16-10-14(9-15(11-16)22(29)30)18-12-24-21-19(25-18)17(13-26(21)6)20(28)23(3,4)5;1-2/h9-13H,7-8H2,1-6H3,(H,29,30);1-2H3. The Balaban J connectivity index is 0.00000176. The van der Waals surface area contributed by atoms with Gasteiger partial charge in [0.25, 0.3) is 0 Å². The van der Waals surface area contributed by atoms with Crippen LogP contribution in [0.2, 0.25) is 0 Å². The summed E-state index contributed by atoms with van der Waals surface area (Å²) in [5.74, 6) is -1.01. The first kappa shape index (κ1) is 25.0. The van der Waals surface area contributed by atoms with Gasteiger partial charge in [-0.05, 0) is 32.0 Å². The average molecular weight is 439 g/mol. The largest absolute Gasteiger partial charge is 0.478 e. The van der Waals surface area contributed by atoms with Crippen LogP contribution in [0.25, 0.3) is 22.4 Å². The Labute approximate surface area is 190 Å². The Hall–Kier alpha value is -3.22. The zero-order valence-corrected chi connectivity index (χ0v) is 20.4. The molecule has 3 aromatic rings. The second kappa shape index (κ2) is 9.94. The van der Waals surface area contributed by atoms with E-state index in [2.05, 4.69) is 9.88 Å². The molecule has 0 atom stereocenters. The molecule has 3 rings (SSSR count). The third-order valence-electron chi connectivity index (χ3n) is 5.18. The minimum atomic E-state index is -0.998. The summed E-state index contributed by atoms with van der Waals surface area (Å²) in [7, 11) is 1.83. The number of hydrogen-bond donors (Lipinski definition) is 1. The van der Waals surface area contributed by atoms with E-state index in [1.54, 1.807) is 29.1 Å². The number of carbonyl (C=O) groups is 2. The molecule has 2 aromatic heterocycles. The van der Waals surface area contributed by atoms with Gasteiger partial charge in [0.2, 0.25) is 0 Å². The summed E-state index contributed by atoms with van der Waals surface area (Å²) in [5, 5.41) is 9.59. The number of aryl methyl sites for hydroxylation is 1. The van der Waals surface area contributed by atoms with Gasteiger partial charge in [0.1, 0.15) is 5.52 Å². The number of Topliss-reactive ketones (excluding diaryl/α,β-unsaturated/α-hetero) is 1. The second-order valence-corrected chi connectivity index (χ2v) is 8.41. The Morgan fingerprint density at radius 1 is 1.09 bits per heavy atom. The Kier molecular flexibility index (Phi) is 7.78. The van der Waals surface area contributed by atoms with Crippen molar-refractivity contribution in [3.63, 3.8) is 0 Å². The molecule has 7 heteroatoms. The quantitative estimate of drug-likeness (QED) is 0.516. The van der Waals surface area contributed by atoms with Crippen molar-refractivity contribution >= 4 is 28.6 Å². The number of nitrogens with zero attached hydrogens (tertiary/aromatic N) is 4. The van der Waals surface area contributed by atoms with Crippen molar-refractivity contribution in [2.75, 3.05) is 18.0 Å². The summed E-state index contributed by atoms with van der Waals surface area (Å²) in [4.78, 5) is 36.0. The lowest BCUT2D eigenvalue weighted by molar-refractivity contribution is 0.0696. The van der Waals surface area contributed by atoms with Crippen LogP contribution in [0.5, 0.6) is 0 Å². The van der Waals surface area contributed by atoms with Gasteiger partial charge in [-0.25, -0.2) is 14.8 Å². The number of rotatable bonds is 6. The molecule has 0 aliphatic heterocycles. The molecule has 0 radical (unpaired) electrons. The fraction of sp³-hybridized carbons (Fsp3) is 0.440. The molecule has 0 fully saturated rings. The van der Waals surface area contributed by atoms with E-state index in [4.69, 9.17) is 4.98 Å². The minimum Gasteiger partial charge on any atom is -0.478 e. The molecule has 0 unspecified atom stereocenters. The van der Waals surface area contributed by atoms with Crippen molar-refractivity contribution in [2.24, 2.45) is 12.5 Å². The Morgan fingerprint density at radius 2 is 1.72 bits per heavy atom. The monoisotopic (exact) mass is 438 g/mol. The molecule has 2 heterocycles. The number of anilines is 1. The van der Waals surface area contributed by atoms with Crippen LogP contribution in [-0.2, 0) is 7.05 Å². The van der Waals surface area contributed by atoms with Gasteiger partial charge >= 0.3 is 5.97 Å². The summed E-state index contributed by atoms with van der Waals surface area (Å²) in [5.41, 5.74) is 3.31. The van der Waals surface area contributed by atoms with Gasteiger partial charge < -0.3 is 14.6 Å². The van der Waals surface area contributed by atoms with Crippen LogP contribution in [-0.4, -0.2) is 44.5 Å². The van der Waals surface area contributed by atoms with Gasteiger partial charge in [-0.3, -0.25) is 4.79 Å². The lowest BCUT2D eigenvalue weighted by atomic mass is 9.87. The van der Waals surface area contributed by atoms with Gasteiger partial charge in [-0.15, -0.1) is 0 Å². The van der Waals surface area contributed by atoms with Crippen LogP contribution in [0.15, 0.2) is 30.6 Å². The maximum atomic E-state index is 12.9. The highest BCUT2D eigenvalue weighted by atomic mass is 16.4. The Bertz CT molecular complexity index is 1120. The number of carbonyl (C=O) groups excluding carboxylic acids is 1. The van der Waals surface area contributed by atoms with Crippen LogP contribution in [0, 0.1) is 5.41 Å². The molecule has 32 heavy (non-hydrogen) atoms. The number of benzene rings is 1. The fourth-order valence-electron chi connectivity index (χ4n) is 3.50. The first-order valence-corrected chi connectivity index (χ1v) is 11.1. The normalized spacial score (nSPS) is 11.1. The van der Waals surface area contributed by atoms with Gasteiger partial charge in [0, 0.05) is 43.0 Å². The number of carboxylic acid groups (broad SMARTS) is 1. The third kappa shape index (κ3) is 4.98. The molecule has 0 aliphatic carbocycles. The summed E-state index contributed by atoms with van der Waals surface area (Å²) in [6.07, 6.45) is 3.39. The van der Waals surface area contributed by atoms with E-state index < -0.39 is 11.4 Å². The summed E-state index contributed by atoms with van der Waals surface area (Å²) in [6.45, 7) is 15.2. The van der Waals surface area contributed by atoms with Gasteiger partial charge in [0.05, 0.1) is 23.0 Å². The number of aromatic nitrogens is 3. The van der Waals surface area contributed by atoms with Crippen molar-refractivity contribution in [3.8, 4) is 11.3 Å². The van der Waals surface area contributed by atoms with E-state index in [0.717, 1.165) is 18.8 Å². The molecule has 1 aromatic carbocycles. The van der Waals surface area contributed by atoms with Gasteiger partial charge in [0.15, 0.2) is 11.4 Å². The highest BCUT2D eigenvalue weighted by Crippen LogP contribution is 2.30. The van der Waals surface area contributed by atoms with Crippen molar-refractivity contribution in [1.82, 2.24) is 14.5 Å². The molecule has 0 amide bonds. The average Bonchev–Trinajstić information content (AvgIpc) is 3.10. The molecule has 0 saturated heterocycles. The van der Waals surface area contributed by atoms with Crippen LogP contribution in [0.1, 0.15) is 69.2 Å². The van der Waals surface area contributed by atoms with E-state index >= 15 is 0 Å². The molecule has 0 aliphatic rings. The van der Waals surface area contributed by atoms with Crippen LogP contribution in [0.3, 0.4) is 0 Å². The predicted molar refractivity (Wildman–Crippen MR) is 130 cm³/mol. The molecule has 0 saturated carbocycles. The Morgan fingerprint density at radius 3 is 2.25 bits per heavy atom. The van der Waals surface area contributed by atoms with Crippen LogP contribution >= 0.6 is 0 Å². The minimum absolute atomic E-state index is 0.0114. The van der Waals surface area contributed by atoms with Crippen molar-refractivity contribution in [3.05, 3.63) is 41.7 Å². The summed E-state index contributed by atoms with van der Waals surface area (Å²) < 4.78 is 1.79. The number of fused-ring (bicyclic) bond motifs is 1. The lowest BCUT2D eigenvalue weighted by Gasteiger charge is -2.22. The van der Waals surface area contributed by atoms with Gasteiger partial charge in [-0.2, -0.15) is 0 Å². The highest BCUT2D eigenvalue weighted by Gasteiger charge is 2.27. The van der Waals surface area contributed by atoms with E-state index in [1.807, 2.05) is 61.6 Å². The van der Waals surface area contributed by atoms with Gasteiger partial charge in [-0.1, -0.05) is 34.6 Å².